The summed E-state index contributed by atoms with van der Waals surface area (Å²) in [7, 11) is 0. The first-order valence-corrected chi connectivity index (χ1v) is 5.96. The van der Waals surface area contributed by atoms with Gasteiger partial charge < -0.3 is 5.32 Å². The van der Waals surface area contributed by atoms with Crippen molar-refractivity contribution in [3.8, 4) is 0 Å². The van der Waals surface area contributed by atoms with Crippen LogP contribution < -0.4 is 5.32 Å². The predicted molar refractivity (Wildman–Crippen MR) is 64.3 cm³/mol. The van der Waals surface area contributed by atoms with Gasteiger partial charge in [-0.25, -0.2) is 0 Å². The van der Waals surface area contributed by atoms with Crippen molar-refractivity contribution < 1.29 is 0 Å². The Kier molecular flexibility index (Phi) is 2.48. The fourth-order valence-electron chi connectivity index (χ4n) is 2.43. The number of fused-ring (bicyclic) bond motifs is 1. The van der Waals surface area contributed by atoms with Crippen LogP contribution in [0.25, 0.3) is 11.0 Å². The molecule has 0 amide bonds. The minimum atomic E-state index is 0.855. The fraction of sp³-hybridized carbons (Fsp3) is 0.500. The van der Waals surface area contributed by atoms with Crippen LogP contribution in [-0.2, 0) is 0 Å². The lowest BCUT2D eigenvalue weighted by atomic mass is 10.1. The highest BCUT2D eigenvalue weighted by Gasteiger charge is 2.14. The summed E-state index contributed by atoms with van der Waals surface area (Å²) in [6.07, 6.45) is 5.54. The Bertz CT molecular complexity index is 471. The summed E-state index contributed by atoms with van der Waals surface area (Å²) >= 11 is 0. The van der Waals surface area contributed by atoms with Gasteiger partial charge in [-0.1, -0.05) is 12.8 Å². The highest BCUT2D eigenvalue weighted by atomic mass is 15.3. The highest BCUT2D eigenvalue weighted by molar-refractivity contribution is 5.77. The SMILES string of the molecule is c1cc2n[nH]nc2cc1NCC1CCCC1. The van der Waals surface area contributed by atoms with E-state index in [2.05, 4.69) is 26.8 Å². The van der Waals surface area contributed by atoms with Crippen LogP contribution in [0.15, 0.2) is 18.2 Å². The van der Waals surface area contributed by atoms with Gasteiger partial charge in [-0.15, -0.1) is 0 Å². The Morgan fingerprint density at radius 1 is 1.19 bits per heavy atom. The summed E-state index contributed by atoms with van der Waals surface area (Å²) in [6, 6.07) is 6.11. The van der Waals surface area contributed by atoms with Gasteiger partial charge in [0.25, 0.3) is 0 Å². The summed E-state index contributed by atoms with van der Waals surface area (Å²) in [6.45, 7) is 1.09. The Morgan fingerprint density at radius 3 is 2.88 bits per heavy atom. The smallest absolute Gasteiger partial charge is 0.115 e. The molecule has 1 fully saturated rings. The third-order valence-corrected chi connectivity index (χ3v) is 3.39. The van der Waals surface area contributed by atoms with Crippen molar-refractivity contribution >= 4 is 16.7 Å². The number of anilines is 1. The van der Waals surface area contributed by atoms with E-state index in [1.54, 1.807) is 0 Å². The van der Waals surface area contributed by atoms with Crippen molar-refractivity contribution in [3.05, 3.63) is 18.2 Å². The standard InChI is InChI=1S/C12H16N4/c1-2-4-9(3-1)8-13-10-5-6-11-12(7-10)15-16-14-11/h5-7,9,13H,1-4,8H2,(H,14,15,16). The van der Waals surface area contributed by atoms with E-state index in [1.165, 1.54) is 25.7 Å². The lowest BCUT2D eigenvalue weighted by Gasteiger charge is -2.11. The fourth-order valence-corrected chi connectivity index (χ4v) is 2.43. The highest BCUT2D eigenvalue weighted by Crippen LogP contribution is 2.25. The lowest BCUT2D eigenvalue weighted by molar-refractivity contribution is 0.580. The van der Waals surface area contributed by atoms with Crippen molar-refractivity contribution in [2.24, 2.45) is 5.92 Å². The molecule has 4 nitrogen and oxygen atoms in total. The second-order valence-electron chi connectivity index (χ2n) is 4.56. The molecule has 4 heteroatoms. The first kappa shape index (κ1) is 9.63. The summed E-state index contributed by atoms with van der Waals surface area (Å²) in [5.74, 6) is 0.855. The number of hydrogen-bond donors (Lipinski definition) is 2. The van der Waals surface area contributed by atoms with E-state index in [9.17, 15) is 0 Å². The minimum Gasteiger partial charge on any atom is -0.385 e. The van der Waals surface area contributed by atoms with Crippen LogP contribution in [0, 0.1) is 5.92 Å². The Morgan fingerprint density at radius 2 is 2.00 bits per heavy atom. The van der Waals surface area contributed by atoms with E-state index in [0.29, 0.717) is 0 Å². The first-order valence-electron chi connectivity index (χ1n) is 5.96. The van der Waals surface area contributed by atoms with E-state index in [0.717, 1.165) is 29.2 Å². The molecule has 0 saturated heterocycles. The maximum Gasteiger partial charge on any atom is 0.115 e. The molecule has 84 valence electrons. The van der Waals surface area contributed by atoms with Crippen LogP contribution in [0.3, 0.4) is 0 Å². The molecule has 0 bridgehead atoms. The second-order valence-corrected chi connectivity index (χ2v) is 4.56. The molecule has 2 aromatic rings. The molecular weight excluding hydrogens is 200 g/mol. The third-order valence-electron chi connectivity index (χ3n) is 3.39. The van der Waals surface area contributed by atoms with Crippen LogP contribution in [0.2, 0.25) is 0 Å². The van der Waals surface area contributed by atoms with Gasteiger partial charge in [0, 0.05) is 12.2 Å². The number of H-pyrrole nitrogens is 1. The molecule has 0 unspecified atom stereocenters. The Labute approximate surface area is 94.4 Å². The van der Waals surface area contributed by atoms with Gasteiger partial charge >= 0.3 is 0 Å². The Balaban J connectivity index is 1.68. The largest absolute Gasteiger partial charge is 0.385 e. The maximum absolute atomic E-state index is 4.08. The Hall–Kier alpha value is -1.58. The van der Waals surface area contributed by atoms with Crippen LogP contribution in [0.5, 0.6) is 0 Å². The second kappa shape index (κ2) is 4.12. The predicted octanol–water partition coefficient (Wildman–Crippen LogP) is 2.56. The molecule has 1 heterocycles. The number of hydrogen-bond acceptors (Lipinski definition) is 3. The maximum atomic E-state index is 4.08. The van der Waals surface area contributed by atoms with E-state index in [4.69, 9.17) is 0 Å². The van der Waals surface area contributed by atoms with Crippen molar-refractivity contribution in [3.63, 3.8) is 0 Å². The van der Waals surface area contributed by atoms with Crippen LogP contribution in [0.4, 0.5) is 5.69 Å². The average Bonchev–Trinajstić information content (AvgIpc) is 2.97. The molecule has 0 aliphatic heterocycles. The zero-order valence-corrected chi connectivity index (χ0v) is 9.24. The van der Waals surface area contributed by atoms with Gasteiger partial charge in [-0.05, 0) is 37.0 Å². The molecule has 1 saturated carbocycles. The van der Waals surface area contributed by atoms with Crippen molar-refractivity contribution in [2.45, 2.75) is 25.7 Å². The normalized spacial score (nSPS) is 17.0. The molecule has 1 aromatic carbocycles. The molecule has 1 aliphatic rings. The van der Waals surface area contributed by atoms with Crippen LogP contribution >= 0.6 is 0 Å². The third kappa shape index (κ3) is 1.87. The molecular formula is C12H16N4. The monoisotopic (exact) mass is 216 g/mol. The number of aromatic amines is 1. The first-order chi connectivity index (χ1) is 7.92. The van der Waals surface area contributed by atoms with E-state index in [1.807, 2.05) is 12.1 Å². The molecule has 1 aliphatic carbocycles. The number of benzene rings is 1. The quantitative estimate of drug-likeness (QED) is 0.829. The van der Waals surface area contributed by atoms with Crippen molar-refractivity contribution in [1.82, 2.24) is 15.4 Å². The number of nitrogens with one attached hydrogen (secondary N) is 2. The van der Waals surface area contributed by atoms with Crippen LogP contribution in [0.1, 0.15) is 25.7 Å². The zero-order chi connectivity index (χ0) is 10.8. The van der Waals surface area contributed by atoms with E-state index < -0.39 is 0 Å². The topological polar surface area (TPSA) is 53.6 Å². The van der Waals surface area contributed by atoms with Crippen molar-refractivity contribution in [1.29, 1.82) is 0 Å². The molecule has 16 heavy (non-hydrogen) atoms. The number of aromatic nitrogens is 3. The molecule has 0 radical (unpaired) electrons. The molecule has 1 aromatic heterocycles. The lowest BCUT2D eigenvalue weighted by Crippen LogP contribution is -2.10. The minimum absolute atomic E-state index is 0.855. The van der Waals surface area contributed by atoms with Gasteiger partial charge in [0.1, 0.15) is 11.0 Å². The van der Waals surface area contributed by atoms with E-state index in [-0.39, 0.29) is 0 Å². The van der Waals surface area contributed by atoms with Gasteiger partial charge in [-0.2, -0.15) is 15.4 Å². The van der Waals surface area contributed by atoms with E-state index >= 15 is 0 Å². The average molecular weight is 216 g/mol. The molecule has 0 spiro atoms. The zero-order valence-electron chi connectivity index (χ0n) is 9.24. The number of rotatable bonds is 3. The summed E-state index contributed by atoms with van der Waals surface area (Å²) in [5, 5.41) is 14.2. The molecule has 2 N–H and O–H groups in total. The number of nitrogens with zero attached hydrogens (tertiary/aromatic N) is 2. The summed E-state index contributed by atoms with van der Waals surface area (Å²) < 4.78 is 0. The van der Waals surface area contributed by atoms with Gasteiger partial charge in [-0.3, -0.25) is 0 Å². The van der Waals surface area contributed by atoms with Gasteiger partial charge in [0.15, 0.2) is 0 Å². The molecule has 3 rings (SSSR count). The van der Waals surface area contributed by atoms with Crippen molar-refractivity contribution in [2.75, 3.05) is 11.9 Å². The summed E-state index contributed by atoms with van der Waals surface area (Å²) in [4.78, 5) is 0. The summed E-state index contributed by atoms with van der Waals surface area (Å²) in [5.41, 5.74) is 3.00. The van der Waals surface area contributed by atoms with Gasteiger partial charge in [0.05, 0.1) is 0 Å². The van der Waals surface area contributed by atoms with Gasteiger partial charge in [0.2, 0.25) is 0 Å². The van der Waals surface area contributed by atoms with Crippen LogP contribution in [-0.4, -0.2) is 22.0 Å². The molecule has 0 atom stereocenters.